The highest BCUT2D eigenvalue weighted by Gasteiger charge is 2.33. The maximum atomic E-state index is 13.0. The van der Waals surface area contributed by atoms with Gasteiger partial charge in [0.25, 0.3) is 5.91 Å². The summed E-state index contributed by atoms with van der Waals surface area (Å²) in [4.78, 5) is 17.1. The summed E-state index contributed by atoms with van der Waals surface area (Å²) in [7, 11) is 0. The third-order valence-corrected chi connectivity index (χ3v) is 6.25. The summed E-state index contributed by atoms with van der Waals surface area (Å²) in [6, 6.07) is 13.8. The van der Waals surface area contributed by atoms with Crippen molar-refractivity contribution in [3.8, 4) is 0 Å². The van der Waals surface area contributed by atoms with E-state index in [1.807, 2.05) is 46.7 Å². The van der Waals surface area contributed by atoms with Crippen LogP contribution in [0.15, 0.2) is 53.2 Å². The Bertz CT molecular complexity index is 823. The molecule has 0 radical (unpaired) electrons. The van der Waals surface area contributed by atoms with Crippen molar-refractivity contribution in [3.63, 3.8) is 0 Å². The van der Waals surface area contributed by atoms with Gasteiger partial charge in [0.05, 0.1) is 10.9 Å². The van der Waals surface area contributed by atoms with Crippen molar-refractivity contribution in [3.05, 3.63) is 79.1 Å². The van der Waals surface area contributed by atoms with Crippen LogP contribution in [-0.2, 0) is 6.42 Å². The van der Waals surface area contributed by atoms with Crippen molar-refractivity contribution in [1.29, 1.82) is 0 Å². The minimum atomic E-state index is -0.0307. The first-order valence-electron chi connectivity index (χ1n) is 7.40. The molecule has 0 unspecified atom stereocenters. The number of halogens is 1. The minimum Gasteiger partial charge on any atom is -0.326 e. The molecule has 0 bridgehead atoms. The van der Waals surface area contributed by atoms with Crippen LogP contribution in [0.2, 0.25) is 5.02 Å². The number of thiophene rings is 2. The number of hydrogen-bond acceptors (Lipinski definition) is 3. The fraction of sp³-hybridized carbons (Fsp3) is 0.167. The summed E-state index contributed by atoms with van der Waals surface area (Å²) < 4.78 is 0. The Hall–Kier alpha value is -1.62. The van der Waals surface area contributed by atoms with E-state index < -0.39 is 0 Å². The molecule has 23 heavy (non-hydrogen) atoms. The van der Waals surface area contributed by atoms with Crippen LogP contribution in [0.4, 0.5) is 0 Å². The summed E-state index contributed by atoms with van der Waals surface area (Å²) in [6.45, 7) is 0.748. The van der Waals surface area contributed by atoms with Gasteiger partial charge in [0.2, 0.25) is 0 Å². The van der Waals surface area contributed by atoms with Crippen LogP contribution in [0.25, 0.3) is 0 Å². The van der Waals surface area contributed by atoms with E-state index in [0.717, 1.165) is 23.4 Å². The third kappa shape index (κ3) is 2.71. The molecule has 1 amide bonds. The zero-order valence-electron chi connectivity index (χ0n) is 12.2. The molecule has 5 heteroatoms. The lowest BCUT2D eigenvalue weighted by molar-refractivity contribution is 0.0701. The van der Waals surface area contributed by atoms with E-state index in [0.29, 0.717) is 5.02 Å². The van der Waals surface area contributed by atoms with E-state index >= 15 is 0 Å². The van der Waals surface area contributed by atoms with Crippen molar-refractivity contribution < 1.29 is 4.79 Å². The van der Waals surface area contributed by atoms with E-state index in [2.05, 4.69) is 11.4 Å². The Morgan fingerprint density at radius 3 is 2.65 bits per heavy atom. The fourth-order valence-corrected chi connectivity index (χ4v) is 4.79. The van der Waals surface area contributed by atoms with Gasteiger partial charge in [-0.1, -0.05) is 29.8 Å². The molecule has 116 valence electrons. The second-order valence-electron chi connectivity index (χ2n) is 5.48. The van der Waals surface area contributed by atoms with Crippen molar-refractivity contribution in [2.75, 3.05) is 6.54 Å². The van der Waals surface area contributed by atoms with Crippen molar-refractivity contribution in [2.24, 2.45) is 0 Å². The molecule has 3 aromatic rings. The van der Waals surface area contributed by atoms with Gasteiger partial charge in [-0.05, 0) is 52.6 Å². The van der Waals surface area contributed by atoms with Crippen molar-refractivity contribution >= 4 is 40.2 Å². The highest BCUT2D eigenvalue weighted by atomic mass is 35.5. The average Bonchev–Trinajstić information content (AvgIpc) is 3.25. The first-order valence-corrected chi connectivity index (χ1v) is 9.54. The molecule has 2 aromatic heterocycles. The number of carbonyl (C=O) groups excluding carboxylic acids is 1. The summed E-state index contributed by atoms with van der Waals surface area (Å²) in [6.07, 6.45) is 0.925. The molecule has 0 saturated carbocycles. The van der Waals surface area contributed by atoms with Crippen LogP contribution in [0.1, 0.15) is 31.7 Å². The third-order valence-electron chi connectivity index (χ3n) is 4.14. The average molecular weight is 360 g/mol. The van der Waals surface area contributed by atoms with Crippen molar-refractivity contribution in [2.45, 2.75) is 12.5 Å². The molecule has 1 aliphatic heterocycles. The Morgan fingerprint density at radius 1 is 1.09 bits per heavy atom. The lowest BCUT2D eigenvalue weighted by atomic mass is 9.93. The molecule has 0 spiro atoms. The monoisotopic (exact) mass is 359 g/mol. The number of carbonyl (C=O) groups is 1. The molecule has 0 fully saturated rings. The molecule has 3 heterocycles. The molecule has 4 rings (SSSR count). The first-order chi connectivity index (χ1) is 11.2. The summed E-state index contributed by atoms with van der Waals surface area (Å²) in [5.74, 6) is 0.108. The molecule has 1 atom stereocenters. The van der Waals surface area contributed by atoms with Crippen LogP contribution in [0, 0.1) is 0 Å². The largest absolute Gasteiger partial charge is 0.326 e. The number of amides is 1. The zero-order chi connectivity index (χ0) is 15.8. The maximum Gasteiger partial charge on any atom is 0.264 e. The van der Waals surface area contributed by atoms with Gasteiger partial charge >= 0.3 is 0 Å². The number of nitrogens with zero attached hydrogens (tertiary/aromatic N) is 1. The van der Waals surface area contributed by atoms with Crippen LogP contribution < -0.4 is 0 Å². The van der Waals surface area contributed by atoms with Crippen LogP contribution in [0.5, 0.6) is 0 Å². The highest BCUT2D eigenvalue weighted by molar-refractivity contribution is 7.12. The van der Waals surface area contributed by atoms with Gasteiger partial charge in [-0.3, -0.25) is 4.79 Å². The van der Waals surface area contributed by atoms with Crippen LogP contribution >= 0.6 is 34.3 Å². The van der Waals surface area contributed by atoms with Gasteiger partial charge in [-0.15, -0.1) is 22.7 Å². The fourth-order valence-electron chi connectivity index (χ4n) is 3.08. The number of benzene rings is 1. The Balaban J connectivity index is 1.79. The van der Waals surface area contributed by atoms with Gasteiger partial charge in [-0.25, -0.2) is 0 Å². The molecule has 0 saturated heterocycles. The summed E-state index contributed by atoms with van der Waals surface area (Å²) in [5, 5.41) is 4.78. The smallest absolute Gasteiger partial charge is 0.264 e. The van der Waals surface area contributed by atoms with E-state index in [4.69, 9.17) is 11.6 Å². The molecule has 1 aliphatic rings. The Labute approximate surface area is 148 Å². The van der Waals surface area contributed by atoms with Crippen LogP contribution in [0.3, 0.4) is 0 Å². The topological polar surface area (TPSA) is 20.3 Å². The van der Waals surface area contributed by atoms with E-state index in [9.17, 15) is 4.79 Å². The van der Waals surface area contributed by atoms with Crippen molar-refractivity contribution in [1.82, 2.24) is 4.90 Å². The second-order valence-corrected chi connectivity index (χ2v) is 7.86. The normalized spacial score (nSPS) is 17.1. The molecule has 0 aliphatic carbocycles. The first kappa shape index (κ1) is 14.9. The minimum absolute atomic E-state index is 0.0307. The molecule has 1 aromatic carbocycles. The second kappa shape index (κ2) is 6.11. The number of hydrogen-bond donors (Lipinski definition) is 0. The number of rotatable bonds is 2. The quantitative estimate of drug-likeness (QED) is 0.611. The SMILES string of the molecule is O=C(c1cccs1)N1CCc2sccc2[C@H]1c1ccc(Cl)cc1. The van der Waals surface area contributed by atoms with Crippen LogP contribution in [-0.4, -0.2) is 17.4 Å². The molecular weight excluding hydrogens is 346 g/mol. The van der Waals surface area contributed by atoms with Gasteiger partial charge in [0, 0.05) is 16.4 Å². The molecule has 2 nitrogen and oxygen atoms in total. The molecule has 0 N–H and O–H groups in total. The zero-order valence-corrected chi connectivity index (χ0v) is 14.6. The van der Waals surface area contributed by atoms with Gasteiger partial charge in [-0.2, -0.15) is 0 Å². The van der Waals surface area contributed by atoms with Gasteiger partial charge < -0.3 is 4.90 Å². The van der Waals surface area contributed by atoms with Gasteiger partial charge in [0.1, 0.15) is 0 Å². The Morgan fingerprint density at radius 2 is 1.91 bits per heavy atom. The lowest BCUT2D eigenvalue weighted by Gasteiger charge is -2.36. The summed E-state index contributed by atoms with van der Waals surface area (Å²) >= 11 is 9.31. The van der Waals surface area contributed by atoms with E-state index in [1.165, 1.54) is 21.8 Å². The highest BCUT2D eigenvalue weighted by Crippen LogP contribution is 2.39. The summed E-state index contributed by atoms with van der Waals surface area (Å²) in [5.41, 5.74) is 2.35. The standard InChI is InChI=1S/C18H14ClNOS2/c19-13-5-3-12(4-6-13)17-14-8-11-23-15(14)7-9-20(17)18(21)16-2-1-10-22-16/h1-6,8,10-11,17H,7,9H2/t17-/m1/s1. The number of fused-ring (bicyclic) bond motifs is 1. The Kier molecular flexibility index (Phi) is 3.97. The predicted molar refractivity (Wildman–Crippen MR) is 96.7 cm³/mol. The molecular formula is C18H14ClNOS2. The van der Waals surface area contributed by atoms with E-state index in [-0.39, 0.29) is 11.9 Å². The predicted octanol–water partition coefficient (Wildman–Crippen LogP) is 5.25. The lowest BCUT2D eigenvalue weighted by Crippen LogP contribution is -2.39. The van der Waals surface area contributed by atoms with E-state index in [1.54, 1.807) is 11.3 Å². The maximum absolute atomic E-state index is 13.0. The van der Waals surface area contributed by atoms with Gasteiger partial charge in [0.15, 0.2) is 0 Å².